The summed E-state index contributed by atoms with van der Waals surface area (Å²) in [6.45, 7) is 2.63. The molecule has 0 bridgehead atoms. The van der Waals surface area contributed by atoms with Gasteiger partial charge in [0.2, 0.25) is 5.91 Å². The first-order chi connectivity index (χ1) is 9.06. The lowest BCUT2D eigenvalue weighted by atomic mass is 10.2. The van der Waals surface area contributed by atoms with E-state index in [0.717, 1.165) is 12.8 Å². The fourth-order valence-corrected chi connectivity index (χ4v) is 1.78. The number of nitrogens with zero attached hydrogens (tertiary/aromatic N) is 1. The van der Waals surface area contributed by atoms with Gasteiger partial charge in [-0.3, -0.25) is 9.59 Å². The molecule has 102 valence electrons. The summed E-state index contributed by atoms with van der Waals surface area (Å²) in [5, 5.41) is 5.51. The molecular weight excluding hydrogens is 244 g/mol. The summed E-state index contributed by atoms with van der Waals surface area (Å²) in [5.74, 6) is 0.390. The number of aryl methyl sites for hydroxylation is 1. The third kappa shape index (κ3) is 3.94. The average Bonchev–Trinajstić information content (AvgIpc) is 3.17. The van der Waals surface area contributed by atoms with Crippen LogP contribution in [0.5, 0.6) is 0 Å². The number of carbonyl (C=O) groups is 2. The van der Waals surface area contributed by atoms with Crippen molar-refractivity contribution in [3.05, 3.63) is 23.4 Å². The normalized spacial score (nSPS) is 13.9. The summed E-state index contributed by atoms with van der Waals surface area (Å²) >= 11 is 0. The molecule has 6 nitrogen and oxygen atoms in total. The Morgan fingerprint density at radius 2 is 2.00 bits per heavy atom. The van der Waals surface area contributed by atoms with Crippen LogP contribution in [0.25, 0.3) is 0 Å². The second-order valence-electron chi connectivity index (χ2n) is 4.74. The number of rotatable bonds is 5. The summed E-state index contributed by atoms with van der Waals surface area (Å²) in [5.41, 5.74) is 6.77. The van der Waals surface area contributed by atoms with E-state index >= 15 is 0 Å². The first-order valence-electron chi connectivity index (χ1n) is 6.36. The molecule has 0 radical (unpaired) electrons. The smallest absolute Gasteiger partial charge is 0.251 e. The minimum absolute atomic E-state index is 0.0817. The lowest BCUT2D eigenvalue weighted by molar-refractivity contribution is -0.122. The van der Waals surface area contributed by atoms with E-state index in [1.54, 1.807) is 13.0 Å². The van der Waals surface area contributed by atoms with E-state index in [4.69, 9.17) is 5.73 Å². The number of aromatic nitrogens is 1. The molecular formula is C13H18N4O2. The Labute approximate surface area is 111 Å². The van der Waals surface area contributed by atoms with Crippen molar-refractivity contribution < 1.29 is 9.59 Å². The highest BCUT2D eigenvalue weighted by Crippen LogP contribution is 2.28. The molecule has 0 saturated heterocycles. The second-order valence-corrected chi connectivity index (χ2v) is 4.74. The highest BCUT2D eigenvalue weighted by molar-refractivity contribution is 5.94. The summed E-state index contributed by atoms with van der Waals surface area (Å²) in [7, 11) is 0. The number of pyridine rings is 1. The Morgan fingerprint density at radius 1 is 1.32 bits per heavy atom. The number of hydrogen-bond acceptors (Lipinski definition) is 4. The maximum Gasteiger partial charge on any atom is 0.251 e. The van der Waals surface area contributed by atoms with Gasteiger partial charge in [-0.25, -0.2) is 4.98 Å². The van der Waals surface area contributed by atoms with E-state index in [2.05, 4.69) is 15.6 Å². The van der Waals surface area contributed by atoms with Crippen LogP contribution in [-0.2, 0) is 4.79 Å². The van der Waals surface area contributed by atoms with Crippen molar-refractivity contribution in [3.8, 4) is 0 Å². The van der Waals surface area contributed by atoms with Gasteiger partial charge in [0.1, 0.15) is 5.82 Å². The Bertz CT molecular complexity index is 477. The fourth-order valence-electron chi connectivity index (χ4n) is 1.78. The van der Waals surface area contributed by atoms with Crippen molar-refractivity contribution in [1.82, 2.24) is 15.6 Å². The largest absolute Gasteiger partial charge is 0.384 e. The molecule has 1 saturated carbocycles. The van der Waals surface area contributed by atoms with Gasteiger partial charge in [0.25, 0.3) is 5.91 Å². The number of carbonyl (C=O) groups excluding carboxylic acids is 2. The van der Waals surface area contributed by atoms with Gasteiger partial charge in [-0.1, -0.05) is 0 Å². The van der Waals surface area contributed by atoms with Crippen LogP contribution in [-0.4, -0.2) is 29.9 Å². The molecule has 2 rings (SSSR count). The summed E-state index contributed by atoms with van der Waals surface area (Å²) in [6.07, 6.45) is 1.96. The Morgan fingerprint density at radius 3 is 2.63 bits per heavy atom. The second kappa shape index (κ2) is 5.69. The van der Waals surface area contributed by atoms with Gasteiger partial charge in [0, 0.05) is 30.3 Å². The average molecular weight is 262 g/mol. The summed E-state index contributed by atoms with van der Waals surface area (Å²) in [6, 6.07) is 3.21. The molecule has 0 atom stereocenters. The van der Waals surface area contributed by atoms with E-state index in [0.29, 0.717) is 30.2 Å². The van der Waals surface area contributed by atoms with Crippen LogP contribution >= 0.6 is 0 Å². The van der Waals surface area contributed by atoms with Gasteiger partial charge in [-0.2, -0.15) is 0 Å². The van der Waals surface area contributed by atoms with Crippen LogP contribution in [0.15, 0.2) is 12.1 Å². The van der Waals surface area contributed by atoms with Crippen molar-refractivity contribution >= 4 is 17.6 Å². The van der Waals surface area contributed by atoms with Gasteiger partial charge in [-0.15, -0.1) is 0 Å². The van der Waals surface area contributed by atoms with Crippen molar-refractivity contribution in [1.29, 1.82) is 0 Å². The lowest BCUT2D eigenvalue weighted by Gasteiger charge is -2.07. The zero-order chi connectivity index (χ0) is 13.8. The molecule has 0 aromatic carbocycles. The third-order valence-corrected chi connectivity index (χ3v) is 2.89. The molecule has 1 aromatic rings. The van der Waals surface area contributed by atoms with Crippen LogP contribution in [0.3, 0.4) is 0 Å². The predicted octanol–water partition coefficient (Wildman–Crippen LogP) is 0.228. The maximum atomic E-state index is 11.8. The van der Waals surface area contributed by atoms with Crippen LogP contribution in [0.1, 0.15) is 28.9 Å². The van der Waals surface area contributed by atoms with Gasteiger partial charge in [0.15, 0.2) is 0 Å². The summed E-state index contributed by atoms with van der Waals surface area (Å²) in [4.78, 5) is 27.2. The molecule has 6 heteroatoms. The van der Waals surface area contributed by atoms with E-state index in [-0.39, 0.29) is 17.7 Å². The quantitative estimate of drug-likeness (QED) is 0.662. The SMILES string of the molecule is Cc1cc(C(=O)NCCNC(=O)C2CC2)cc(N)n1. The summed E-state index contributed by atoms with van der Waals surface area (Å²) < 4.78 is 0. The number of anilines is 1. The molecule has 19 heavy (non-hydrogen) atoms. The first-order valence-corrected chi connectivity index (χ1v) is 6.36. The van der Waals surface area contributed by atoms with Crippen LogP contribution < -0.4 is 16.4 Å². The molecule has 1 aliphatic carbocycles. The minimum Gasteiger partial charge on any atom is -0.384 e. The van der Waals surface area contributed by atoms with Crippen LogP contribution in [0.2, 0.25) is 0 Å². The van der Waals surface area contributed by atoms with Crippen molar-refractivity contribution in [2.45, 2.75) is 19.8 Å². The third-order valence-electron chi connectivity index (χ3n) is 2.89. The standard InChI is InChI=1S/C13H18N4O2/c1-8-6-10(7-11(14)17-8)13(19)16-5-4-15-12(18)9-2-3-9/h6-7,9H,2-5H2,1H3,(H2,14,17)(H,15,18)(H,16,19). The van der Waals surface area contributed by atoms with E-state index in [1.165, 1.54) is 6.07 Å². The van der Waals surface area contributed by atoms with Gasteiger partial charge in [0.05, 0.1) is 0 Å². The Kier molecular flexibility index (Phi) is 3.99. The van der Waals surface area contributed by atoms with Crippen molar-refractivity contribution in [2.24, 2.45) is 5.92 Å². The first kappa shape index (κ1) is 13.3. The monoisotopic (exact) mass is 262 g/mol. The van der Waals surface area contributed by atoms with Crippen molar-refractivity contribution in [2.75, 3.05) is 18.8 Å². The molecule has 0 spiro atoms. The molecule has 1 heterocycles. The molecule has 2 amide bonds. The highest BCUT2D eigenvalue weighted by Gasteiger charge is 2.28. The predicted molar refractivity (Wildman–Crippen MR) is 71.5 cm³/mol. The van der Waals surface area contributed by atoms with Crippen molar-refractivity contribution in [3.63, 3.8) is 0 Å². The molecule has 0 aliphatic heterocycles. The minimum atomic E-state index is -0.210. The maximum absolute atomic E-state index is 11.8. The van der Waals surface area contributed by atoms with Crippen LogP contribution in [0, 0.1) is 12.8 Å². The Balaban J connectivity index is 1.75. The van der Waals surface area contributed by atoms with E-state index in [9.17, 15) is 9.59 Å². The van der Waals surface area contributed by atoms with E-state index in [1.807, 2.05) is 0 Å². The zero-order valence-corrected chi connectivity index (χ0v) is 10.9. The molecule has 1 aliphatic rings. The number of nitrogens with two attached hydrogens (primary N) is 1. The number of hydrogen-bond donors (Lipinski definition) is 3. The Hall–Kier alpha value is -2.11. The fraction of sp³-hybridized carbons (Fsp3) is 0.462. The van der Waals surface area contributed by atoms with Gasteiger partial charge >= 0.3 is 0 Å². The topological polar surface area (TPSA) is 97.1 Å². The molecule has 0 unspecified atom stereocenters. The van der Waals surface area contributed by atoms with E-state index < -0.39 is 0 Å². The molecule has 1 fully saturated rings. The van der Waals surface area contributed by atoms with Crippen LogP contribution in [0.4, 0.5) is 5.82 Å². The zero-order valence-electron chi connectivity index (χ0n) is 10.9. The number of nitrogens with one attached hydrogen (secondary N) is 2. The number of nitrogen functional groups attached to an aromatic ring is 1. The highest BCUT2D eigenvalue weighted by atomic mass is 16.2. The molecule has 4 N–H and O–H groups in total. The molecule has 1 aromatic heterocycles. The lowest BCUT2D eigenvalue weighted by Crippen LogP contribution is -2.35. The van der Waals surface area contributed by atoms with Gasteiger partial charge < -0.3 is 16.4 Å². The number of amides is 2. The van der Waals surface area contributed by atoms with Gasteiger partial charge in [-0.05, 0) is 31.9 Å².